The molecule has 0 N–H and O–H groups in total. The fourth-order valence-electron chi connectivity index (χ4n) is 1.55. The van der Waals surface area contributed by atoms with Crippen molar-refractivity contribution in [3.05, 3.63) is 29.8 Å². The Labute approximate surface area is 106 Å². The summed E-state index contributed by atoms with van der Waals surface area (Å²) in [4.78, 5) is -1.49. The van der Waals surface area contributed by atoms with E-state index >= 15 is 0 Å². The van der Waals surface area contributed by atoms with Crippen molar-refractivity contribution in [2.24, 2.45) is 0 Å². The molecule has 0 aromatic heterocycles. The quantitative estimate of drug-likeness (QED) is 0.527. The molecule has 0 aliphatic rings. The number of alkyl halides is 6. The van der Waals surface area contributed by atoms with Gasteiger partial charge in [-0.3, -0.25) is 0 Å². The second-order valence-corrected chi connectivity index (χ2v) is 5.07. The lowest BCUT2D eigenvalue weighted by atomic mass is 9.87. The zero-order chi connectivity index (χ0) is 15.1. The van der Waals surface area contributed by atoms with Gasteiger partial charge in [-0.2, -0.15) is 4.90 Å². The van der Waals surface area contributed by atoms with Gasteiger partial charge in [-0.1, -0.05) is 32.9 Å². The molecule has 0 saturated heterocycles. The molecule has 0 amide bonds. The number of hydrogen-bond acceptors (Lipinski definition) is 1. The van der Waals surface area contributed by atoms with E-state index in [9.17, 15) is 26.3 Å². The van der Waals surface area contributed by atoms with Crippen LogP contribution in [0.2, 0.25) is 0 Å². The van der Waals surface area contributed by atoms with Gasteiger partial charge in [-0.25, -0.2) is 0 Å². The van der Waals surface area contributed by atoms with E-state index in [2.05, 4.69) is 0 Å². The van der Waals surface area contributed by atoms with Gasteiger partial charge in [0.25, 0.3) is 0 Å². The highest BCUT2D eigenvalue weighted by molar-refractivity contribution is 5.51. The van der Waals surface area contributed by atoms with E-state index in [1.165, 1.54) is 12.1 Å². The molecule has 1 rings (SSSR count). The molecule has 1 aromatic carbocycles. The molecule has 0 radical (unpaired) electrons. The average Bonchev–Trinajstić information content (AvgIpc) is 2.11. The van der Waals surface area contributed by atoms with Crippen molar-refractivity contribution in [1.82, 2.24) is 0 Å². The van der Waals surface area contributed by atoms with Gasteiger partial charge in [0.1, 0.15) is 0 Å². The third-order valence-corrected chi connectivity index (χ3v) is 2.48. The van der Waals surface area contributed by atoms with Crippen LogP contribution in [0.3, 0.4) is 0 Å². The minimum atomic E-state index is -5.52. The number of anilines is 1. The van der Waals surface area contributed by atoms with Gasteiger partial charge >= 0.3 is 12.6 Å². The van der Waals surface area contributed by atoms with Crippen LogP contribution in [0.5, 0.6) is 0 Å². The Kier molecular flexibility index (Phi) is 3.80. The second kappa shape index (κ2) is 4.61. The Morgan fingerprint density at radius 3 is 1.68 bits per heavy atom. The summed E-state index contributed by atoms with van der Waals surface area (Å²) in [7, 11) is 0. The smallest absolute Gasteiger partial charge is 0.194 e. The highest BCUT2D eigenvalue weighted by Gasteiger charge is 2.54. The zero-order valence-corrected chi connectivity index (χ0v) is 10.5. The Bertz CT molecular complexity index is 427. The van der Waals surface area contributed by atoms with Crippen LogP contribution in [-0.2, 0) is 5.41 Å². The highest BCUT2D eigenvalue weighted by atomic mass is 19.4. The predicted octanol–water partition coefficient (Wildman–Crippen LogP) is 4.83. The molecule has 0 aliphatic carbocycles. The minimum absolute atomic E-state index is 0.392. The van der Waals surface area contributed by atoms with Gasteiger partial charge in [0.2, 0.25) is 0 Å². The van der Waals surface area contributed by atoms with Gasteiger partial charge in [0.05, 0.1) is 5.69 Å². The average molecular weight is 285 g/mol. The third-order valence-electron chi connectivity index (χ3n) is 2.48. The number of hydrogen-bond donors (Lipinski definition) is 0. The molecule has 108 valence electrons. The topological polar surface area (TPSA) is 3.24 Å². The van der Waals surface area contributed by atoms with Gasteiger partial charge in [0, 0.05) is 0 Å². The van der Waals surface area contributed by atoms with E-state index < -0.39 is 28.6 Å². The van der Waals surface area contributed by atoms with Crippen LogP contribution in [-0.4, -0.2) is 12.6 Å². The lowest BCUT2D eigenvalue weighted by molar-refractivity contribution is -0.226. The molecule has 0 fully saturated rings. The SMILES string of the molecule is CC(C)(C)c1cccc(N(C(F)(F)F)C(F)(F)F)c1. The first-order valence-corrected chi connectivity index (χ1v) is 5.38. The summed E-state index contributed by atoms with van der Waals surface area (Å²) in [5, 5.41) is 0. The summed E-state index contributed by atoms with van der Waals surface area (Å²) in [5.74, 6) is 0. The first kappa shape index (κ1) is 15.7. The van der Waals surface area contributed by atoms with Gasteiger partial charge in [-0.05, 0) is 23.1 Å². The number of rotatable bonds is 1. The molecule has 0 spiro atoms. The largest absolute Gasteiger partial charge is 0.491 e. The zero-order valence-electron chi connectivity index (χ0n) is 10.5. The Morgan fingerprint density at radius 1 is 0.842 bits per heavy atom. The van der Waals surface area contributed by atoms with Crippen LogP contribution in [0.4, 0.5) is 32.0 Å². The van der Waals surface area contributed by atoms with Crippen molar-refractivity contribution in [3.63, 3.8) is 0 Å². The highest BCUT2D eigenvalue weighted by Crippen LogP contribution is 2.39. The molecule has 0 bridgehead atoms. The van der Waals surface area contributed by atoms with E-state index in [-0.39, 0.29) is 0 Å². The maximum absolute atomic E-state index is 12.5. The Hall–Kier alpha value is -1.40. The summed E-state index contributed by atoms with van der Waals surface area (Å²) in [6.45, 7) is 5.12. The number of nitrogens with zero attached hydrogens (tertiary/aromatic N) is 1. The molecule has 0 aliphatic heterocycles. The van der Waals surface area contributed by atoms with Crippen LogP contribution in [0.25, 0.3) is 0 Å². The summed E-state index contributed by atoms with van der Waals surface area (Å²) < 4.78 is 75.2. The van der Waals surface area contributed by atoms with E-state index in [0.29, 0.717) is 5.56 Å². The fraction of sp³-hybridized carbons (Fsp3) is 0.500. The van der Waals surface area contributed by atoms with Crippen LogP contribution < -0.4 is 4.90 Å². The van der Waals surface area contributed by atoms with Gasteiger partial charge in [-0.15, -0.1) is 26.3 Å². The lowest BCUT2D eigenvalue weighted by Crippen LogP contribution is -2.48. The summed E-state index contributed by atoms with van der Waals surface area (Å²) in [6, 6.07) is 4.37. The van der Waals surface area contributed by atoms with Crippen molar-refractivity contribution < 1.29 is 26.3 Å². The predicted molar refractivity (Wildman–Crippen MR) is 59.7 cm³/mol. The maximum Gasteiger partial charge on any atom is 0.491 e. The van der Waals surface area contributed by atoms with E-state index in [4.69, 9.17) is 0 Å². The normalized spacial score (nSPS) is 13.5. The monoisotopic (exact) mass is 285 g/mol. The van der Waals surface area contributed by atoms with Crippen LogP contribution >= 0.6 is 0 Å². The molecule has 0 unspecified atom stereocenters. The molecular formula is C12H13F6N. The molecule has 19 heavy (non-hydrogen) atoms. The fourth-order valence-corrected chi connectivity index (χ4v) is 1.55. The van der Waals surface area contributed by atoms with Crippen molar-refractivity contribution >= 4 is 5.69 Å². The van der Waals surface area contributed by atoms with Crippen molar-refractivity contribution in [2.75, 3.05) is 4.90 Å². The third kappa shape index (κ3) is 3.78. The van der Waals surface area contributed by atoms with E-state index in [1.807, 2.05) is 0 Å². The van der Waals surface area contributed by atoms with Crippen molar-refractivity contribution in [2.45, 2.75) is 38.8 Å². The van der Waals surface area contributed by atoms with E-state index in [1.54, 1.807) is 20.8 Å². The number of benzene rings is 1. The second-order valence-electron chi connectivity index (χ2n) is 5.07. The van der Waals surface area contributed by atoms with Gasteiger partial charge in [0.15, 0.2) is 0 Å². The van der Waals surface area contributed by atoms with Gasteiger partial charge < -0.3 is 0 Å². The van der Waals surface area contributed by atoms with Crippen LogP contribution in [0.15, 0.2) is 24.3 Å². The first-order chi connectivity index (χ1) is 8.33. The molecular weight excluding hydrogens is 272 g/mol. The Morgan fingerprint density at radius 2 is 1.32 bits per heavy atom. The Balaban J connectivity index is 3.34. The molecule has 1 nitrogen and oxygen atoms in total. The first-order valence-electron chi connectivity index (χ1n) is 5.38. The van der Waals surface area contributed by atoms with Crippen LogP contribution in [0.1, 0.15) is 26.3 Å². The van der Waals surface area contributed by atoms with E-state index in [0.717, 1.165) is 12.1 Å². The molecule has 0 atom stereocenters. The summed E-state index contributed by atoms with van der Waals surface area (Å²) >= 11 is 0. The standard InChI is InChI=1S/C12H13F6N/c1-10(2,3)8-5-4-6-9(7-8)19(11(13,14)15)12(16,17)18/h4-7H,1-3H3. The molecule has 7 heteroatoms. The summed E-state index contributed by atoms with van der Waals surface area (Å²) in [6.07, 6.45) is -11.0. The van der Waals surface area contributed by atoms with Crippen molar-refractivity contribution in [1.29, 1.82) is 0 Å². The molecule has 1 aromatic rings. The lowest BCUT2D eigenvalue weighted by Gasteiger charge is -2.30. The molecule has 0 saturated carbocycles. The molecule has 0 heterocycles. The minimum Gasteiger partial charge on any atom is -0.194 e. The van der Waals surface area contributed by atoms with Crippen LogP contribution in [0, 0.1) is 0 Å². The maximum atomic E-state index is 12.5. The van der Waals surface area contributed by atoms with Crippen molar-refractivity contribution in [3.8, 4) is 0 Å². The number of halogens is 6. The summed E-state index contributed by atoms with van der Waals surface area (Å²) in [5.41, 5.74) is -1.09.